The third-order valence-electron chi connectivity index (χ3n) is 10.2. The summed E-state index contributed by atoms with van der Waals surface area (Å²) in [6.45, 7) is 20.0. The van der Waals surface area contributed by atoms with Gasteiger partial charge in [-0.3, -0.25) is 4.68 Å². The normalized spacial score (nSPS) is 13.0. The summed E-state index contributed by atoms with van der Waals surface area (Å²) in [7, 11) is 0. The first kappa shape index (κ1) is 35.4. The van der Waals surface area contributed by atoms with Gasteiger partial charge in [0.05, 0.1) is 5.69 Å². The predicted octanol–water partition coefficient (Wildman–Crippen LogP) is 11.4. The van der Waals surface area contributed by atoms with Crippen LogP contribution < -0.4 is 4.74 Å². The number of pyridine rings is 1. The Kier molecular flexibility index (Phi) is 9.67. The largest absolute Gasteiger partial charge is 2.00 e. The average molecular weight is 840 g/mol. The molecule has 0 fully saturated rings. The first-order valence-electron chi connectivity index (χ1n) is 17.2. The molecule has 0 aliphatic carbocycles. The van der Waals surface area contributed by atoms with E-state index in [2.05, 4.69) is 140 Å². The molecule has 3 aromatic heterocycles. The molecule has 7 aromatic rings. The molecule has 0 saturated heterocycles. The van der Waals surface area contributed by atoms with Gasteiger partial charge in [0.2, 0.25) is 0 Å². The number of nitrogens with zero attached hydrogens (tertiary/aromatic N) is 4. The molecule has 6 heteroatoms. The number of aryl methyl sites for hydroxylation is 3. The van der Waals surface area contributed by atoms with Crippen molar-refractivity contribution in [1.82, 2.24) is 19.3 Å². The summed E-state index contributed by atoms with van der Waals surface area (Å²) in [5.74, 6) is 3.01. The van der Waals surface area contributed by atoms with Crippen LogP contribution in [0, 0.1) is 51.2 Å². The molecule has 0 aliphatic rings. The summed E-state index contributed by atoms with van der Waals surface area (Å²) in [4.78, 5) is 4.80. The van der Waals surface area contributed by atoms with Crippen LogP contribution in [-0.2, 0) is 21.1 Å². The van der Waals surface area contributed by atoms with Crippen LogP contribution in [0.1, 0.15) is 68.6 Å². The quantitative estimate of drug-likeness (QED) is 0.150. The Morgan fingerprint density at radius 1 is 0.760 bits per heavy atom. The topological polar surface area (TPSA) is 44.9 Å². The van der Waals surface area contributed by atoms with Crippen molar-refractivity contribution in [2.75, 3.05) is 0 Å². The number of hydrogen-bond acceptors (Lipinski definition) is 3. The van der Waals surface area contributed by atoms with Crippen LogP contribution in [0.5, 0.6) is 11.5 Å². The standard InChI is InChI=1S/C44H44N4O.Pt/c1-27-19-20-45-42(23-27)47-40-18-15-34(29(3)30(4)44(7,8)9)24-39(40)38-17-16-36(26-41(38)47)49-37-22-28(2)21-35(25-37)48-32(6)43(31(5)46-48)33-13-11-10-12-14-33;/h10-24,29-30H,1-9H3;/q-2;+2. The van der Waals surface area contributed by atoms with Gasteiger partial charge in [-0.2, -0.15) is 16.7 Å². The van der Waals surface area contributed by atoms with Crippen LogP contribution in [-0.4, -0.2) is 19.3 Å². The first-order chi connectivity index (χ1) is 23.4. The number of aromatic nitrogens is 4. The number of hydrogen-bond donors (Lipinski definition) is 0. The number of fused-ring (bicyclic) bond motifs is 3. The van der Waals surface area contributed by atoms with Crippen molar-refractivity contribution < 1.29 is 25.8 Å². The molecule has 0 saturated carbocycles. The van der Waals surface area contributed by atoms with E-state index in [0.29, 0.717) is 23.3 Å². The van der Waals surface area contributed by atoms with Crippen LogP contribution in [0.2, 0.25) is 0 Å². The molecule has 256 valence electrons. The molecule has 4 aromatic carbocycles. The molecule has 0 aliphatic heterocycles. The Hall–Kier alpha value is -4.47. The third kappa shape index (κ3) is 6.56. The monoisotopic (exact) mass is 839 g/mol. The molecule has 2 unspecified atom stereocenters. The predicted molar refractivity (Wildman–Crippen MR) is 201 cm³/mol. The molecule has 0 radical (unpaired) electrons. The molecule has 50 heavy (non-hydrogen) atoms. The van der Waals surface area contributed by atoms with Gasteiger partial charge in [-0.05, 0) is 84.0 Å². The van der Waals surface area contributed by atoms with Crippen LogP contribution in [0.3, 0.4) is 0 Å². The minimum Gasteiger partial charge on any atom is -0.509 e. The van der Waals surface area contributed by atoms with Crippen molar-refractivity contribution in [2.24, 2.45) is 11.3 Å². The summed E-state index contributed by atoms with van der Waals surface area (Å²) < 4.78 is 10.7. The average Bonchev–Trinajstić information content (AvgIpc) is 3.55. The van der Waals surface area contributed by atoms with Crippen LogP contribution in [0.4, 0.5) is 0 Å². The Balaban J connectivity index is 0.00000432. The van der Waals surface area contributed by atoms with E-state index in [1.165, 1.54) is 10.9 Å². The molecule has 0 bridgehead atoms. The summed E-state index contributed by atoms with van der Waals surface area (Å²) in [5, 5.41) is 7.23. The summed E-state index contributed by atoms with van der Waals surface area (Å²) >= 11 is 0. The van der Waals surface area contributed by atoms with E-state index in [1.807, 2.05) is 35.1 Å². The van der Waals surface area contributed by atoms with Gasteiger partial charge in [-0.1, -0.05) is 89.5 Å². The van der Waals surface area contributed by atoms with Gasteiger partial charge in [-0.15, -0.1) is 35.7 Å². The first-order valence-corrected chi connectivity index (χ1v) is 17.2. The Morgan fingerprint density at radius 2 is 1.52 bits per heavy atom. The van der Waals surface area contributed by atoms with Gasteiger partial charge >= 0.3 is 21.1 Å². The second-order valence-corrected chi connectivity index (χ2v) is 14.7. The van der Waals surface area contributed by atoms with Crippen molar-refractivity contribution in [3.05, 3.63) is 131 Å². The second-order valence-electron chi connectivity index (χ2n) is 14.7. The van der Waals surface area contributed by atoms with Gasteiger partial charge in [0.25, 0.3) is 0 Å². The van der Waals surface area contributed by atoms with Crippen molar-refractivity contribution in [2.45, 2.75) is 68.2 Å². The fourth-order valence-electron chi connectivity index (χ4n) is 7.05. The fourth-order valence-corrected chi connectivity index (χ4v) is 7.05. The van der Waals surface area contributed by atoms with E-state index in [1.54, 1.807) is 0 Å². The van der Waals surface area contributed by atoms with Gasteiger partial charge in [-0.25, -0.2) is 4.98 Å². The van der Waals surface area contributed by atoms with Crippen LogP contribution in [0.25, 0.3) is 44.4 Å². The Morgan fingerprint density at radius 3 is 2.24 bits per heavy atom. The minimum absolute atomic E-state index is 0. The molecular weight excluding hydrogens is 796 g/mol. The SMILES string of the molecule is Cc1cc(Oc2[c-]c3c(cc2)c2cc(C(C)C(C)C(C)(C)C)ccc2n3-c2cc(C)ccn2)[c-]c(-n2nc(C)c(-c3ccccc3)c2C)c1.[Pt+2]. The number of ether oxygens (including phenoxy) is 1. The molecular formula is C44H44N4OPt. The van der Waals surface area contributed by atoms with Crippen molar-refractivity contribution >= 4 is 21.8 Å². The van der Waals surface area contributed by atoms with E-state index in [4.69, 9.17) is 14.8 Å². The summed E-state index contributed by atoms with van der Waals surface area (Å²) in [6, 6.07) is 36.8. The van der Waals surface area contributed by atoms with E-state index in [9.17, 15) is 0 Å². The van der Waals surface area contributed by atoms with E-state index in [-0.39, 0.29) is 26.5 Å². The van der Waals surface area contributed by atoms with Crippen LogP contribution >= 0.6 is 0 Å². The van der Waals surface area contributed by atoms with Gasteiger partial charge in [0, 0.05) is 34.5 Å². The van der Waals surface area contributed by atoms with Crippen molar-refractivity contribution in [3.63, 3.8) is 0 Å². The van der Waals surface area contributed by atoms with Crippen molar-refractivity contribution in [1.29, 1.82) is 0 Å². The molecule has 7 rings (SSSR count). The van der Waals surface area contributed by atoms with E-state index >= 15 is 0 Å². The molecule has 0 N–H and O–H groups in total. The molecule has 3 heterocycles. The van der Waals surface area contributed by atoms with Gasteiger partial charge < -0.3 is 9.30 Å². The Labute approximate surface area is 310 Å². The smallest absolute Gasteiger partial charge is 0.509 e. The van der Waals surface area contributed by atoms with E-state index in [0.717, 1.165) is 61.6 Å². The molecule has 0 spiro atoms. The zero-order chi connectivity index (χ0) is 34.6. The fraction of sp³-hybridized carbons (Fsp3) is 0.273. The maximum atomic E-state index is 6.55. The zero-order valence-corrected chi connectivity index (χ0v) is 32.6. The van der Waals surface area contributed by atoms with Crippen molar-refractivity contribution in [3.8, 4) is 34.1 Å². The molecule has 5 nitrogen and oxygen atoms in total. The van der Waals surface area contributed by atoms with E-state index < -0.39 is 0 Å². The summed E-state index contributed by atoms with van der Waals surface area (Å²) in [5.41, 5.74) is 11.0. The van der Waals surface area contributed by atoms with Gasteiger partial charge in [0.1, 0.15) is 5.82 Å². The number of rotatable bonds is 7. The maximum absolute atomic E-state index is 6.55. The zero-order valence-electron chi connectivity index (χ0n) is 30.3. The third-order valence-corrected chi connectivity index (χ3v) is 10.2. The maximum Gasteiger partial charge on any atom is 2.00 e. The molecule has 0 amide bonds. The second kappa shape index (κ2) is 13.7. The van der Waals surface area contributed by atoms with Gasteiger partial charge in [0.15, 0.2) is 0 Å². The Bertz CT molecular complexity index is 2330. The summed E-state index contributed by atoms with van der Waals surface area (Å²) in [6.07, 6.45) is 1.87. The molecule has 2 atom stereocenters. The minimum atomic E-state index is 0. The number of benzene rings is 4. The van der Waals surface area contributed by atoms with Crippen LogP contribution in [0.15, 0.2) is 91.1 Å².